The van der Waals surface area contributed by atoms with Crippen LogP contribution in [-0.4, -0.2) is 9.97 Å². The number of hydrogen-bond acceptors (Lipinski definition) is 2. The summed E-state index contributed by atoms with van der Waals surface area (Å²) in [5.41, 5.74) is 1.24. The van der Waals surface area contributed by atoms with Crippen LogP contribution in [0.25, 0.3) is 0 Å². The zero-order valence-electron chi connectivity index (χ0n) is 6.98. The predicted octanol–water partition coefficient (Wildman–Crippen LogP) is 2.30. The van der Waals surface area contributed by atoms with Crippen molar-refractivity contribution in [3.05, 3.63) is 36.4 Å². The van der Waals surface area contributed by atoms with Crippen LogP contribution in [0.5, 0.6) is 0 Å². The summed E-state index contributed by atoms with van der Waals surface area (Å²) < 4.78 is 0. The molecule has 0 bridgehead atoms. The molecule has 0 amide bonds. The Bertz CT molecular complexity index is 266. The van der Waals surface area contributed by atoms with Crippen LogP contribution in [0.15, 0.2) is 30.9 Å². The Kier molecular flexibility index (Phi) is 2.16. The van der Waals surface area contributed by atoms with Crippen molar-refractivity contribution < 1.29 is 0 Å². The zero-order valence-corrected chi connectivity index (χ0v) is 6.98. The molecule has 0 fully saturated rings. The molecule has 0 radical (unpaired) electrons. The fraction of sp³-hybridized carbons (Fsp3) is 0.400. The minimum Gasteiger partial charge on any atom is -0.245 e. The minimum atomic E-state index is 0.556. The van der Waals surface area contributed by atoms with Crippen LogP contribution in [0.4, 0.5) is 0 Å². The largest absolute Gasteiger partial charge is 0.245 e. The maximum Gasteiger partial charge on any atom is 0.115 e. The molecule has 1 aliphatic rings. The third kappa shape index (κ3) is 1.52. The molecule has 0 aliphatic heterocycles. The standard InChI is InChI=1S/C10H12N2/c1-2-4-9(5-3-1)10-6-11-8-12-7-10/h2,4,6-9H,1,3,5H2. The van der Waals surface area contributed by atoms with Gasteiger partial charge >= 0.3 is 0 Å². The molecule has 0 spiro atoms. The van der Waals surface area contributed by atoms with Crippen molar-refractivity contribution in [2.24, 2.45) is 0 Å². The van der Waals surface area contributed by atoms with E-state index in [-0.39, 0.29) is 0 Å². The fourth-order valence-electron chi connectivity index (χ4n) is 1.59. The zero-order chi connectivity index (χ0) is 8.23. The summed E-state index contributed by atoms with van der Waals surface area (Å²) in [6.45, 7) is 0. The Morgan fingerprint density at radius 1 is 1.25 bits per heavy atom. The molecular formula is C10H12N2. The second-order valence-corrected chi connectivity index (χ2v) is 3.14. The van der Waals surface area contributed by atoms with Gasteiger partial charge in [0.25, 0.3) is 0 Å². The van der Waals surface area contributed by atoms with E-state index in [2.05, 4.69) is 22.1 Å². The van der Waals surface area contributed by atoms with Crippen molar-refractivity contribution >= 4 is 0 Å². The smallest absolute Gasteiger partial charge is 0.115 e. The molecule has 2 heteroatoms. The van der Waals surface area contributed by atoms with Crippen LogP contribution in [0.3, 0.4) is 0 Å². The molecule has 0 saturated heterocycles. The van der Waals surface area contributed by atoms with Crippen LogP contribution in [0.2, 0.25) is 0 Å². The second kappa shape index (κ2) is 3.48. The lowest BCUT2D eigenvalue weighted by Crippen LogP contribution is -1.99. The molecule has 2 rings (SSSR count). The van der Waals surface area contributed by atoms with E-state index in [1.165, 1.54) is 24.8 Å². The van der Waals surface area contributed by atoms with Gasteiger partial charge in [0.2, 0.25) is 0 Å². The first-order chi connectivity index (χ1) is 5.97. The van der Waals surface area contributed by atoms with Gasteiger partial charge in [0, 0.05) is 18.3 Å². The summed E-state index contributed by atoms with van der Waals surface area (Å²) in [6, 6.07) is 0. The summed E-state index contributed by atoms with van der Waals surface area (Å²) in [4.78, 5) is 8.03. The molecule has 0 N–H and O–H groups in total. The van der Waals surface area contributed by atoms with E-state index < -0.39 is 0 Å². The van der Waals surface area contributed by atoms with Crippen molar-refractivity contribution in [1.82, 2.24) is 9.97 Å². The van der Waals surface area contributed by atoms with E-state index in [0.29, 0.717) is 5.92 Å². The topological polar surface area (TPSA) is 25.8 Å². The Labute approximate surface area is 72.4 Å². The highest BCUT2D eigenvalue weighted by atomic mass is 14.8. The van der Waals surface area contributed by atoms with Gasteiger partial charge in [-0.25, -0.2) is 9.97 Å². The molecule has 1 aromatic rings. The average Bonchev–Trinajstić information content (AvgIpc) is 2.21. The molecule has 0 aromatic carbocycles. The summed E-state index contributed by atoms with van der Waals surface area (Å²) in [6.07, 6.45) is 13.7. The molecule has 1 unspecified atom stereocenters. The Hall–Kier alpha value is -1.18. The van der Waals surface area contributed by atoms with Crippen molar-refractivity contribution in [1.29, 1.82) is 0 Å². The Morgan fingerprint density at radius 2 is 2.08 bits per heavy atom. The average molecular weight is 160 g/mol. The molecule has 62 valence electrons. The van der Waals surface area contributed by atoms with Crippen LogP contribution >= 0.6 is 0 Å². The summed E-state index contributed by atoms with van der Waals surface area (Å²) in [5, 5.41) is 0. The third-order valence-corrected chi connectivity index (χ3v) is 2.26. The number of rotatable bonds is 1. The molecule has 0 saturated carbocycles. The van der Waals surface area contributed by atoms with E-state index in [1.807, 2.05) is 12.4 Å². The highest BCUT2D eigenvalue weighted by molar-refractivity contribution is 5.18. The van der Waals surface area contributed by atoms with Gasteiger partial charge in [0.1, 0.15) is 6.33 Å². The first-order valence-electron chi connectivity index (χ1n) is 4.38. The summed E-state index contributed by atoms with van der Waals surface area (Å²) >= 11 is 0. The van der Waals surface area contributed by atoms with E-state index in [1.54, 1.807) is 6.33 Å². The van der Waals surface area contributed by atoms with Crippen LogP contribution in [-0.2, 0) is 0 Å². The monoisotopic (exact) mass is 160 g/mol. The van der Waals surface area contributed by atoms with Crippen LogP contribution in [0, 0.1) is 0 Å². The molecular weight excluding hydrogens is 148 g/mol. The van der Waals surface area contributed by atoms with Gasteiger partial charge in [0.15, 0.2) is 0 Å². The van der Waals surface area contributed by atoms with E-state index in [9.17, 15) is 0 Å². The first kappa shape index (κ1) is 7.47. The van der Waals surface area contributed by atoms with Crippen molar-refractivity contribution in [2.75, 3.05) is 0 Å². The normalized spacial score (nSPS) is 22.5. The molecule has 1 heterocycles. The van der Waals surface area contributed by atoms with Gasteiger partial charge < -0.3 is 0 Å². The van der Waals surface area contributed by atoms with Crippen LogP contribution < -0.4 is 0 Å². The van der Waals surface area contributed by atoms with Gasteiger partial charge in [-0.15, -0.1) is 0 Å². The SMILES string of the molecule is C1=CC(c2cncnc2)CCC1. The second-order valence-electron chi connectivity index (χ2n) is 3.14. The lowest BCUT2D eigenvalue weighted by Gasteiger charge is -2.15. The number of aromatic nitrogens is 2. The Balaban J connectivity index is 2.19. The van der Waals surface area contributed by atoms with Crippen molar-refractivity contribution in [3.63, 3.8) is 0 Å². The highest BCUT2D eigenvalue weighted by Crippen LogP contribution is 2.25. The van der Waals surface area contributed by atoms with Gasteiger partial charge in [-0.3, -0.25) is 0 Å². The first-order valence-corrected chi connectivity index (χ1v) is 4.38. The van der Waals surface area contributed by atoms with E-state index in [0.717, 1.165) is 0 Å². The molecule has 1 aliphatic carbocycles. The molecule has 2 nitrogen and oxygen atoms in total. The summed E-state index contributed by atoms with van der Waals surface area (Å²) in [5.74, 6) is 0.556. The minimum absolute atomic E-state index is 0.556. The molecule has 1 aromatic heterocycles. The van der Waals surface area contributed by atoms with Gasteiger partial charge in [0.05, 0.1) is 0 Å². The fourth-order valence-corrected chi connectivity index (χ4v) is 1.59. The number of nitrogens with zero attached hydrogens (tertiary/aromatic N) is 2. The van der Waals surface area contributed by atoms with E-state index >= 15 is 0 Å². The van der Waals surface area contributed by atoms with Gasteiger partial charge in [-0.2, -0.15) is 0 Å². The third-order valence-electron chi connectivity index (χ3n) is 2.26. The van der Waals surface area contributed by atoms with Gasteiger partial charge in [-0.05, 0) is 24.8 Å². The van der Waals surface area contributed by atoms with Crippen molar-refractivity contribution in [2.45, 2.75) is 25.2 Å². The summed E-state index contributed by atoms with van der Waals surface area (Å²) in [7, 11) is 0. The molecule has 12 heavy (non-hydrogen) atoms. The number of allylic oxidation sites excluding steroid dienone is 2. The van der Waals surface area contributed by atoms with Gasteiger partial charge in [-0.1, -0.05) is 12.2 Å². The van der Waals surface area contributed by atoms with E-state index in [4.69, 9.17) is 0 Å². The lowest BCUT2D eigenvalue weighted by molar-refractivity contribution is 0.650. The van der Waals surface area contributed by atoms with Crippen LogP contribution in [0.1, 0.15) is 30.7 Å². The van der Waals surface area contributed by atoms with Crippen molar-refractivity contribution in [3.8, 4) is 0 Å². The molecule has 1 atom stereocenters. The predicted molar refractivity (Wildman–Crippen MR) is 47.8 cm³/mol. The Morgan fingerprint density at radius 3 is 2.75 bits per heavy atom. The highest BCUT2D eigenvalue weighted by Gasteiger charge is 2.10. The number of hydrogen-bond donors (Lipinski definition) is 0. The quantitative estimate of drug-likeness (QED) is 0.589. The lowest BCUT2D eigenvalue weighted by atomic mass is 9.91. The maximum absolute atomic E-state index is 4.01. The maximum atomic E-state index is 4.01.